The van der Waals surface area contributed by atoms with E-state index >= 15 is 0 Å². The molecule has 0 amide bonds. The Bertz CT molecular complexity index is 532. The molecule has 0 N–H and O–H groups in total. The normalized spacial score (nSPS) is 21.1. The molecule has 2 heteroatoms. The summed E-state index contributed by atoms with van der Waals surface area (Å²) >= 11 is 0. The van der Waals surface area contributed by atoms with E-state index in [-0.39, 0.29) is 6.04 Å². The minimum atomic E-state index is 0.278. The first-order chi connectivity index (χ1) is 9.40. The highest BCUT2D eigenvalue weighted by Crippen LogP contribution is 2.38. The van der Waals surface area contributed by atoms with Gasteiger partial charge in [-0.15, -0.1) is 0 Å². The maximum atomic E-state index is 8.84. The van der Waals surface area contributed by atoms with Crippen LogP contribution < -0.4 is 0 Å². The Morgan fingerprint density at radius 3 is 2.00 bits per heavy atom. The number of hydrogen-bond acceptors (Lipinski definition) is 2. The summed E-state index contributed by atoms with van der Waals surface area (Å²) in [5, 5.41) is 8.84. The molecule has 1 heterocycles. The molecule has 2 nitrogen and oxygen atoms in total. The van der Waals surface area contributed by atoms with Crippen LogP contribution >= 0.6 is 0 Å². The average molecular weight is 248 g/mol. The van der Waals surface area contributed by atoms with E-state index in [1.165, 1.54) is 11.1 Å². The largest absolute Gasteiger partial charge is 0.285 e. The third-order valence-corrected chi connectivity index (χ3v) is 3.65. The first-order valence-corrected chi connectivity index (χ1v) is 6.62. The van der Waals surface area contributed by atoms with E-state index in [1.54, 1.807) is 0 Å². The fourth-order valence-electron chi connectivity index (χ4n) is 2.65. The lowest BCUT2D eigenvalue weighted by atomic mass is 9.98. The van der Waals surface area contributed by atoms with Crippen LogP contribution in [-0.2, 0) is 0 Å². The fraction of sp³-hybridized carbons (Fsp3) is 0.235. The van der Waals surface area contributed by atoms with Gasteiger partial charge in [-0.25, -0.2) is 0 Å². The van der Waals surface area contributed by atoms with Crippen molar-refractivity contribution in [1.82, 2.24) is 4.90 Å². The molecular formula is C17H16N2. The molecule has 19 heavy (non-hydrogen) atoms. The number of nitrogens with zero attached hydrogens (tertiary/aromatic N) is 2. The highest BCUT2D eigenvalue weighted by Gasteiger charge is 2.40. The summed E-state index contributed by atoms with van der Waals surface area (Å²) in [4.78, 5) is 2.40. The Balaban J connectivity index is 1.92. The van der Waals surface area contributed by atoms with Crippen molar-refractivity contribution in [3.63, 3.8) is 0 Å². The zero-order valence-electron chi connectivity index (χ0n) is 10.7. The zero-order valence-corrected chi connectivity index (χ0v) is 10.7. The molecule has 1 saturated heterocycles. The van der Waals surface area contributed by atoms with E-state index in [2.05, 4.69) is 59.5 Å². The van der Waals surface area contributed by atoms with E-state index < -0.39 is 0 Å². The quantitative estimate of drug-likeness (QED) is 0.776. The van der Waals surface area contributed by atoms with Crippen molar-refractivity contribution in [3.05, 3.63) is 71.8 Å². The molecule has 3 rings (SSSR count). The molecule has 1 aliphatic heterocycles. The molecule has 0 bridgehead atoms. The minimum absolute atomic E-state index is 0.278. The highest BCUT2D eigenvalue weighted by atomic mass is 15.3. The van der Waals surface area contributed by atoms with Crippen molar-refractivity contribution in [2.45, 2.75) is 18.5 Å². The molecule has 0 spiro atoms. The van der Waals surface area contributed by atoms with Crippen molar-refractivity contribution < 1.29 is 0 Å². The van der Waals surface area contributed by atoms with Gasteiger partial charge in [0.2, 0.25) is 0 Å². The predicted octanol–water partition coefficient (Wildman–Crippen LogP) is 3.37. The number of benzene rings is 2. The number of hydrogen-bond donors (Lipinski definition) is 0. The Labute approximate surface area is 113 Å². The monoisotopic (exact) mass is 248 g/mol. The first kappa shape index (κ1) is 12.0. The van der Waals surface area contributed by atoms with E-state index in [1.807, 2.05) is 12.1 Å². The van der Waals surface area contributed by atoms with Crippen molar-refractivity contribution in [2.75, 3.05) is 6.54 Å². The van der Waals surface area contributed by atoms with Crippen molar-refractivity contribution in [1.29, 1.82) is 5.26 Å². The van der Waals surface area contributed by atoms with Gasteiger partial charge in [0.1, 0.15) is 0 Å². The summed E-state index contributed by atoms with van der Waals surface area (Å²) in [6, 6.07) is 24.0. The van der Waals surface area contributed by atoms with Crippen LogP contribution in [0.4, 0.5) is 0 Å². The van der Waals surface area contributed by atoms with Crippen LogP contribution in [0.15, 0.2) is 60.7 Å². The lowest BCUT2D eigenvalue weighted by Gasteiger charge is -2.20. The van der Waals surface area contributed by atoms with Crippen LogP contribution in [0.5, 0.6) is 0 Å². The molecule has 2 aromatic carbocycles. The van der Waals surface area contributed by atoms with Crippen LogP contribution in [0, 0.1) is 11.3 Å². The first-order valence-electron chi connectivity index (χ1n) is 6.62. The molecule has 0 aliphatic carbocycles. The van der Waals surface area contributed by atoms with Gasteiger partial charge in [-0.1, -0.05) is 60.7 Å². The zero-order chi connectivity index (χ0) is 13.1. The van der Waals surface area contributed by atoms with Gasteiger partial charge in [0.25, 0.3) is 0 Å². The standard InChI is InChI=1S/C17H16N2/c18-12-11-16-13-19(16)17(14-7-3-1-4-8-14)15-9-5-2-6-10-15/h1-10,16-17H,11,13H2. The van der Waals surface area contributed by atoms with Gasteiger partial charge in [-0.2, -0.15) is 5.26 Å². The number of rotatable bonds is 4. The van der Waals surface area contributed by atoms with E-state index in [4.69, 9.17) is 5.26 Å². The maximum Gasteiger partial charge on any atom is 0.0638 e. The molecule has 2 aromatic rings. The molecule has 1 fully saturated rings. The average Bonchev–Trinajstić information content (AvgIpc) is 3.21. The van der Waals surface area contributed by atoms with E-state index in [0.717, 1.165) is 6.54 Å². The van der Waals surface area contributed by atoms with Crippen LogP contribution in [-0.4, -0.2) is 17.5 Å². The minimum Gasteiger partial charge on any atom is -0.285 e. The Kier molecular flexibility index (Phi) is 3.31. The van der Waals surface area contributed by atoms with Crippen LogP contribution in [0.1, 0.15) is 23.6 Å². The molecule has 0 aromatic heterocycles. The third-order valence-electron chi connectivity index (χ3n) is 3.65. The summed E-state index contributed by atoms with van der Waals surface area (Å²) in [5.41, 5.74) is 2.60. The van der Waals surface area contributed by atoms with Crippen molar-refractivity contribution >= 4 is 0 Å². The van der Waals surface area contributed by atoms with Crippen LogP contribution in [0.25, 0.3) is 0 Å². The molecule has 0 radical (unpaired) electrons. The fourth-order valence-corrected chi connectivity index (χ4v) is 2.65. The maximum absolute atomic E-state index is 8.84. The summed E-state index contributed by atoms with van der Waals surface area (Å²) in [5.74, 6) is 0. The summed E-state index contributed by atoms with van der Waals surface area (Å²) in [6.45, 7) is 1.02. The second-order valence-corrected chi connectivity index (χ2v) is 4.94. The Morgan fingerprint density at radius 1 is 1.00 bits per heavy atom. The molecule has 0 saturated carbocycles. The van der Waals surface area contributed by atoms with Gasteiger partial charge in [-0.3, -0.25) is 4.90 Å². The summed E-state index contributed by atoms with van der Waals surface area (Å²) < 4.78 is 0. The van der Waals surface area contributed by atoms with E-state index in [0.29, 0.717) is 12.5 Å². The Hall–Kier alpha value is -2.11. The smallest absolute Gasteiger partial charge is 0.0638 e. The molecule has 1 aliphatic rings. The molecule has 94 valence electrons. The lowest BCUT2D eigenvalue weighted by Crippen LogP contribution is -2.13. The van der Waals surface area contributed by atoms with Gasteiger partial charge in [-0.05, 0) is 11.1 Å². The van der Waals surface area contributed by atoms with Gasteiger partial charge >= 0.3 is 0 Å². The third kappa shape index (κ3) is 2.52. The van der Waals surface area contributed by atoms with Gasteiger partial charge < -0.3 is 0 Å². The molecule has 2 atom stereocenters. The SMILES string of the molecule is N#CCC1CN1C(c1ccccc1)c1ccccc1. The lowest BCUT2D eigenvalue weighted by molar-refractivity contribution is 0.432. The highest BCUT2D eigenvalue weighted by molar-refractivity contribution is 5.33. The van der Waals surface area contributed by atoms with Crippen molar-refractivity contribution in [2.24, 2.45) is 0 Å². The van der Waals surface area contributed by atoms with Gasteiger partial charge in [0, 0.05) is 12.6 Å². The van der Waals surface area contributed by atoms with Gasteiger partial charge in [0.05, 0.1) is 18.5 Å². The number of nitriles is 1. The topological polar surface area (TPSA) is 26.8 Å². The second kappa shape index (κ2) is 5.26. The molecule has 2 unspecified atom stereocenters. The van der Waals surface area contributed by atoms with Gasteiger partial charge in [0.15, 0.2) is 0 Å². The second-order valence-electron chi connectivity index (χ2n) is 4.94. The molecular weight excluding hydrogens is 232 g/mol. The summed E-state index contributed by atoms with van der Waals surface area (Å²) in [7, 11) is 0. The Morgan fingerprint density at radius 2 is 1.53 bits per heavy atom. The van der Waals surface area contributed by atoms with Crippen LogP contribution in [0.3, 0.4) is 0 Å². The van der Waals surface area contributed by atoms with Crippen molar-refractivity contribution in [3.8, 4) is 6.07 Å². The van der Waals surface area contributed by atoms with Crippen LogP contribution in [0.2, 0.25) is 0 Å². The summed E-state index contributed by atoms with van der Waals surface area (Å²) in [6.07, 6.45) is 0.621. The predicted molar refractivity (Wildman–Crippen MR) is 75.5 cm³/mol. The van der Waals surface area contributed by atoms with E-state index in [9.17, 15) is 0 Å².